The van der Waals surface area contributed by atoms with Gasteiger partial charge in [0.05, 0.1) is 11.1 Å². The summed E-state index contributed by atoms with van der Waals surface area (Å²) in [6, 6.07) is 19.4. The van der Waals surface area contributed by atoms with Crippen molar-refractivity contribution in [2.24, 2.45) is 5.92 Å². The van der Waals surface area contributed by atoms with E-state index in [-0.39, 0.29) is 5.92 Å². The molecular weight excluding hydrogens is 348 g/mol. The molecule has 2 aliphatic rings. The van der Waals surface area contributed by atoms with Crippen LogP contribution in [0.5, 0.6) is 0 Å². The zero-order valence-corrected chi connectivity index (χ0v) is 15.1. The number of esters is 2. The highest BCUT2D eigenvalue weighted by molar-refractivity contribution is 6.20. The molecule has 1 aliphatic heterocycles. The second-order valence-electron chi connectivity index (χ2n) is 6.55. The molecule has 0 radical (unpaired) electrons. The summed E-state index contributed by atoms with van der Waals surface area (Å²) < 4.78 is 4.88. The van der Waals surface area contributed by atoms with Gasteiger partial charge in [0.25, 0.3) is 0 Å². The third-order valence-corrected chi connectivity index (χ3v) is 4.61. The molecular formula is C25H18O3. The van der Waals surface area contributed by atoms with Crippen LogP contribution in [0.2, 0.25) is 0 Å². The van der Waals surface area contributed by atoms with Gasteiger partial charge in [0.1, 0.15) is 0 Å². The quantitative estimate of drug-likeness (QED) is 0.441. The molecule has 3 heteroatoms. The highest BCUT2D eigenvalue weighted by Gasteiger charge is 2.34. The molecule has 2 aromatic rings. The van der Waals surface area contributed by atoms with Crippen molar-refractivity contribution in [1.29, 1.82) is 0 Å². The molecule has 0 amide bonds. The molecule has 0 saturated carbocycles. The second kappa shape index (κ2) is 7.89. The van der Waals surface area contributed by atoms with E-state index in [1.54, 1.807) is 12.2 Å². The first-order valence-corrected chi connectivity index (χ1v) is 9.08. The summed E-state index contributed by atoms with van der Waals surface area (Å²) >= 11 is 0. The van der Waals surface area contributed by atoms with Crippen LogP contribution >= 0.6 is 0 Å². The number of carbonyl (C=O) groups excluding carboxylic acids is 2. The Morgan fingerprint density at radius 1 is 0.714 bits per heavy atom. The van der Waals surface area contributed by atoms with Crippen LogP contribution in [0.15, 0.2) is 108 Å². The van der Waals surface area contributed by atoms with Crippen LogP contribution in [0.25, 0.3) is 12.2 Å². The predicted molar refractivity (Wildman–Crippen MR) is 110 cm³/mol. The van der Waals surface area contributed by atoms with Gasteiger partial charge in [-0.05, 0) is 22.8 Å². The maximum atomic E-state index is 12.3. The summed E-state index contributed by atoms with van der Waals surface area (Å²) in [4.78, 5) is 24.5. The zero-order valence-electron chi connectivity index (χ0n) is 15.1. The van der Waals surface area contributed by atoms with Crippen LogP contribution in [0, 0.1) is 5.92 Å². The van der Waals surface area contributed by atoms with Gasteiger partial charge >= 0.3 is 11.9 Å². The summed E-state index contributed by atoms with van der Waals surface area (Å²) in [5, 5.41) is 0. The Labute approximate surface area is 163 Å². The molecule has 1 fully saturated rings. The SMILES string of the molecule is O=C1OC(=O)/C(=C/C2C=CC=CC2=Cc2ccccc2)C1=Cc1ccccc1. The van der Waals surface area contributed by atoms with Crippen LogP contribution in [0.3, 0.4) is 0 Å². The fourth-order valence-corrected chi connectivity index (χ4v) is 3.21. The molecule has 0 N–H and O–H groups in total. The molecule has 0 aromatic heterocycles. The summed E-state index contributed by atoms with van der Waals surface area (Å²) in [6.07, 6.45) is 13.5. The molecule has 1 aliphatic carbocycles. The van der Waals surface area contributed by atoms with Crippen LogP contribution in [0.1, 0.15) is 11.1 Å². The minimum atomic E-state index is -0.607. The van der Waals surface area contributed by atoms with Gasteiger partial charge in [-0.2, -0.15) is 0 Å². The predicted octanol–water partition coefficient (Wildman–Crippen LogP) is 4.91. The smallest absolute Gasteiger partial charge is 0.346 e. The first kappa shape index (κ1) is 17.7. The van der Waals surface area contributed by atoms with Gasteiger partial charge in [0.15, 0.2) is 0 Å². The third-order valence-electron chi connectivity index (χ3n) is 4.61. The Hall–Kier alpha value is -3.72. The summed E-state index contributed by atoms with van der Waals surface area (Å²) in [5.74, 6) is -1.34. The fourth-order valence-electron chi connectivity index (χ4n) is 3.21. The van der Waals surface area contributed by atoms with Crippen molar-refractivity contribution in [3.63, 3.8) is 0 Å². The van der Waals surface area contributed by atoms with Crippen LogP contribution in [-0.2, 0) is 14.3 Å². The monoisotopic (exact) mass is 366 g/mol. The summed E-state index contributed by atoms with van der Waals surface area (Å²) in [7, 11) is 0. The Kier molecular flexibility index (Phi) is 4.98. The topological polar surface area (TPSA) is 43.4 Å². The molecule has 28 heavy (non-hydrogen) atoms. The van der Waals surface area contributed by atoms with Crippen LogP contribution in [0.4, 0.5) is 0 Å². The van der Waals surface area contributed by atoms with E-state index in [0.717, 1.165) is 16.7 Å². The number of benzene rings is 2. The lowest BCUT2D eigenvalue weighted by molar-refractivity contribution is -0.149. The lowest BCUT2D eigenvalue weighted by Gasteiger charge is -2.14. The van der Waals surface area contributed by atoms with Gasteiger partial charge in [-0.3, -0.25) is 0 Å². The van der Waals surface area contributed by atoms with Gasteiger partial charge in [-0.1, -0.05) is 97.1 Å². The Morgan fingerprint density at radius 2 is 1.32 bits per heavy atom. The number of hydrogen-bond acceptors (Lipinski definition) is 3. The molecule has 1 unspecified atom stereocenters. The largest absolute Gasteiger partial charge is 0.386 e. The first-order chi connectivity index (χ1) is 13.7. The van der Waals surface area contributed by atoms with E-state index in [9.17, 15) is 9.59 Å². The van der Waals surface area contributed by atoms with E-state index in [1.165, 1.54) is 0 Å². The lowest BCUT2D eigenvalue weighted by atomic mass is 9.89. The Balaban J connectivity index is 1.72. The number of hydrogen-bond donors (Lipinski definition) is 0. The Morgan fingerprint density at radius 3 is 2.00 bits per heavy atom. The van der Waals surface area contributed by atoms with Crippen molar-refractivity contribution in [3.8, 4) is 0 Å². The molecule has 1 saturated heterocycles. The molecule has 136 valence electrons. The number of rotatable bonds is 3. The Bertz CT molecular complexity index is 1050. The van der Waals surface area contributed by atoms with Gasteiger partial charge in [-0.25, -0.2) is 9.59 Å². The second-order valence-corrected chi connectivity index (χ2v) is 6.55. The number of carbonyl (C=O) groups is 2. The molecule has 1 heterocycles. The lowest BCUT2D eigenvalue weighted by Crippen LogP contribution is -2.03. The van der Waals surface area contributed by atoms with E-state index in [4.69, 9.17) is 4.74 Å². The van der Waals surface area contributed by atoms with Gasteiger partial charge < -0.3 is 4.74 Å². The van der Waals surface area contributed by atoms with Crippen LogP contribution in [-0.4, -0.2) is 11.9 Å². The molecule has 2 aromatic carbocycles. The van der Waals surface area contributed by atoms with E-state index >= 15 is 0 Å². The minimum absolute atomic E-state index is 0.127. The van der Waals surface area contributed by atoms with Gasteiger partial charge in [0.2, 0.25) is 0 Å². The van der Waals surface area contributed by atoms with Crippen molar-refractivity contribution in [3.05, 3.63) is 119 Å². The normalized spacial score (nSPS) is 23.0. The first-order valence-electron chi connectivity index (χ1n) is 9.08. The van der Waals surface area contributed by atoms with Crippen LogP contribution < -0.4 is 0 Å². The average molecular weight is 366 g/mol. The van der Waals surface area contributed by atoms with E-state index < -0.39 is 11.9 Å². The van der Waals surface area contributed by atoms with Crippen molar-refractivity contribution in [2.75, 3.05) is 0 Å². The summed E-state index contributed by atoms with van der Waals surface area (Å²) in [6.45, 7) is 0. The fraction of sp³-hybridized carbons (Fsp3) is 0.0400. The number of cyclic esters (lactones) is 2. The number of ether oxygens (including phenoxy) is 1. The molecule has 3 nitrogen and oxygen atoms in total. The minimum Gasteiger partial charge on any atom is -0.386 e. The molecule has 1 atom stereocenters. The standard InChI is InChI=1S/C25H18O3/c26-24-22(16-19-11-5-2-6-12-19)23(25(27)28-24)17-21-14-8-7-13-20(21)15-18-9-3-1-4-10-18/h1-17,21H/b20-15?,22-16?,23-17+. The summed E-state index contributed by atoms with van der Waals surface area (Å²) in [5.41, 5.74) is 3.54. The average Bonchev–Trinajstić information content (AvgIpc) is 2.98. The van der Waals surface area contributed by atoms with Crippen molar-refractivity contribution in [2.45, 2.75) is 0 Å². The molecule has 0 spiro atoms. The van der Waals surface area contributed by atoms with E-state index in [1.807, 2.05) is 85.0 Å². The highest BCUT2D eigenvalue weighted by Crippen LogP contribution is 2.30. The maximum absolute atomic E-state index is 12.3. The van der Waals surface area contributed by atoms with Crippen molar-refractivity contribution < 1.29 is 14.3 Å². The van der Waals surface area contributed by atoms with E-state index in [2.05, 4.69) is 6.08 Å². The van der Waals surface area contributed by atoms with Crippen molar-refractivity contribution >= 4 is 24.1 Å². The molecule has 4 rings (SSSR count). The zero-order chi connectivity index (χ0) is 19.3. The van der Waals surface area contributed by atoms with E-state index in [0.29, 0.717) is 11.1 Å². The number of allylic oxidation sites excluding steroid dienone is 6. The maximum Gasteiger partial charge on any atom is 0.346 e. The molecule has 0 bridgehead atoms. The van der Waals surface area contributed by atoms with Gasteiger partial charge in [-0.15, -0.1) is 0 Å². The third kappa shape index (κ3) is 3.84. The highest BCUT2D eigenvalue weighted by atomic mass is 16.6. The van der Waals surface area contributed by atoms with Gasteiger partial charge in [0, 0.05) is 5.92 Å². The van der Waals surface area contributed by atoms with Crippen molar-refractivity contribution in [1.82, 2.24) is 0 Å².